The van der Waals surface area contributed by atoms with Gasteiger partial charge in [0, 0.05) is 38.5 Å². The van der Waals surface area contributed by atoms with Crippen molar-refractivity contribution in [2.24, 2.45) is 40.7 Å². The molecule has 1 aromatic carbocycles. The molecule has 39 heavy (non-hydrogen) atoms. The van der Waals surface area contributed by atoms with Gasteiger partial charge >= 0.3 is 0 Å². The molecule has 3 rings (SSSR count). The highest BCUT2D eigenvalue weighted by atomic mass is 16.5. The number of ether oxygens (including phenoxy) is 4. The highest BCUT2D eigenvalue weighted by molar-refractivity contribution is 5.81. The second-order valence-electron chi connectivity index (χ2n) is 12.7. The summed E-state index contributed by atoms with van der Waals surface area (Å²) in [4.78, 5) is 13.2. The maximum absolute atomic E-state index is 13.2. The van der Waals surface area contributed by atoms with Gasteiger partial charge in [0.25, 0.3) is 0 Å². The number of methoxy groups -OCH3 is 2. The predicted octanol–water partition coefficient (Wildman–Crippen LogP) is 5.05. The molecule has 7 heteroatoms. The maximum atomic E-state index is 13.2. The number of carbonyl (C=O) groups is 1. The van der Waals surface area contributed by atoms with Gasteiger partial charge in [0.1, 0.15) is 5.78 Å². The molecule has 222 valence electrons. The number of carbonyl (C=O) groups excluding carboxylic acids is 1. The normalized spacial score (nSPS) is 23.4. The first-order valence-electron chi connectivity index (χ1n) is 14.9. The maximum Gasteiger partial charge on any atom is 0.161 e. The Labute approximate surface area is 236 Å². The minimum atomic E-state index is -0.709. The van der Waals surface area contributed by atoms with Crippen LogP contribution in [-0.2, 0) is 20.7 Å². The number of Topliss-reactive ketones (excluding diaryl/α,β-unsaturated/α-hetero) is 1. The van der Waals surface area contributed by atoms with Crippen LogP contribution in [0, 0.1) is 35.0 Å². The van der Waals surface area contributed by atoms with Crippen molar-refractivity contribution < 1.29 is 28.8 Å². The van der Waals surface area contributed by atoms with E-state index in [0.29, 0.717) is 50.1 Å². The van der Waals surface area contributed by atoms with Crippen LogP contribution >= 0.6 is 0 Å². The van der Waals surface area contributed by atoms with Gasteiger partial charge in [0.2, 0.25) is 0 Å². The van der Waals surface area contributed by atoms with Crippen molar-refractivity contribution in [1.82, 2.24) is 0 Å². The van der Waals surface area contributed by atoms with Gasteiger partial charge in [-0.15, -0.1) is 0 Å². The number of hydrogen-bond donors (Lipinski definition) is 2. The van der Waals surface area contributed by atoms with E-state index in [1.807, 2.05) is 6.07 Å². The molecule has 2 fully saturated rings. The van der Waals surface area contributed by atoms with E-state index in [2.05, 4.69) is 39.8 Å². The predicted molar refractivity (Wildman–Crippen MR) is 154 cm³/mol. The molecule has 1 aliphatic heterocycles. The second kappa shape index (κ2) is 14.8. The second-order valence-corrected chi connectivity index (χ2v) is 12.7. The Morgan fingerprint density at radius 3 is 2.49 bits per heavy atom. The first kappa shape index (κ1) is 31.9. The van der Waals surface area contributed by atoms with Crippen molar-refractivity contribution >= 4 is 5.78 Å². The zero-order chi connectivity index (χ0) is 28.6. The summed E-state index contributed by atoms with van der Waals surface area (Å²) in [7, 11) is 3.33. The van der Waals surface area contributed by atoms with Crippen LogP contribution < -0.4 is 15.2 Å². The third-order valence-corrected chi connectivity index (χ3v) is 9.14. The SMILES string of the molecule is COCCCOc1cc(C[C@@H](C[C@H](N)[C@@H](O)C[C@H](C(=O)CC[C@@]23COCC2C3)C(C)C)C(C)C)ccc1OC. The van der Waals surface area contributed by atoms with Crippen LogP contribution in [-0.4, -0.2) is 63.7 Å². The quantitative estimate of drug-likeness (QED) is 0.234. The number of fused-ring (bicyclic) bond motifs is 1. The van der Waals surface area contributed by atoms with Crippen LogP contribution in [0.4, 0.5) is 0 Å². The number of aliphatic hydroxyl groups excluding tert-OH is 1. The van der Waals surface area contributed by atoms with E-state index in [9.17, 15) is 9.90 Å². The third-order valence-electron chi connectivity index (χ3n) is 9.14. The first-order valence-corrected chi connectivity index (χ1v) is 14.9. The molecule has 1 aromatic rings. The molecule has 3 N–H and O–H groups in total. The number of ketones is 1. The van der Waals surface area contributed by atoms with E-state index in [-0.39, 0.29) is 35.0 Å². The lowest BCUT2D eigenvalue weighted by atomic mass is 9.79. The van der Waals surface area contributed by atoms with Crippen molar-refractivity contribution in [3.8, 4) is 11.5 Å². The number of nitrogens with two attached hydrogens (primary N) is 1. The zero-order valence-electron chi connectivity index (χ0n) is 25.1. The summed E-state index contributed by atoms with van der Waals surface area (Å²) in [5, 5.41) is 11.1. The molecular formula is C32H53NO6. The molecule has 6 atom stereocenters. The van der Waals surface area contributed by atoms with E-state index >= 15 is 0 Å². The third kappa shape index (κ3) is 8.91. The van der Waals surface area contributed by atoms with Crippen molar-refractivity contribution in [3.05, 3.63) is 23.8 Å². The Bertz CT molecular complexity index is 905. The monoisotopic (exact) mass is 547 g/mol. The molecule has 1 heterocycles. The molecule has 2 aliphatic rings. The van der Waals surface area contributed by atoms with Gasteiger partial charge in [0.05, 0.1) is 33.0 Å². The number of benzene rings is 1. The smallest absolute Gasteiger partial charge is 0.161 e. The molecule has 1 aliphatic carbocycles. The van der Waals surface area contributed by atoms with Gasteiger partial charge in [-0.3, -0.25) is 4.79 Å². The fourth-order valence-electron chi connectivity index (χ4n) is 6.14. The molecule has 0 spiro atoms. The van der Waals surface area contributed by atoms with E-state index in [4.69, 9.17) is 24.7 Å². The average Bonchev–Trinajstić information content (AvgIpc) is 3.45. The van der Waals surface area contributed by atoms with Crippen LogP contribution in [0.3, 0.4) is 0 Å². The minimum absolute atomic E-state index is 0.168. The van der Waals surface area contributed by atoms with Gasteiger partial charge in [-0.05, 0) is 78.9 Å². The summed E-state index contributed by atoms with van der Waals surface area (Å²) < 4.78 is 22.2. The van der Waals surface area contributed by atoms with Crippen LogP contribution in [0.1, 0.15) is 71.8 Å². The molecule has 1 saturated carbocycles. The highest BCUT2D eigenvalue weighted by Crippen LogP contribution is 2.59. The summed E-state index contributed by atoms with van der Waals surface area (Å²) in [6.07, 6.45) is 4.73. The fraction of sp³-hybridized carbons (Fsp3) is 0.781. The zero-order valence-corrected chi connectivity index (χ0v) is 25.1. The summed E-state index contributed by atoms with van der Waals surface area (Å²) in [5.41, 5.74) is 8.01. The lowest BCUT2D eigenvalue weighted by Crippen LogP contribution is -2.40. The summed E-state index contributed by atoms with van der Waals surface area (Å²) in [6, 6.07) is 5.69. The lowest BCUT2D eigenvalue weighted by molar-refractivity contribution is -0.126. The van der Waals surface area contributed by atoms with Crippen LogP contribution in [0.5, 0.6) is 11.5 Å². The minimum Gasteiger partial charge on any atom is -0.493 e. The molecule has 1 saturated heterocycles. The molecule has 7 nitrogen and oxygen atoms in total. The Morgan fingerprint density at radius 2 is 1.90 bits per heavy atom. The molecular weight excluding hydrogens is 494 g/mol. The van der Waals surface area contributed by atoms with Gasteiger partial charge < -0.3 is 29.8 Å². The van der Waals surface area contributed by atoms with Gasteiger partial charge in [-0.1, -0.05) is 33.8 Å². The van der Waals surface area contributed by atoms with E-state index in [1.54, 1.807) is 14.2 Å². The molecule has 0 amide bonds. The van der Waals surface area contributed by atoms with Crippen LogP contribution in [0.25, 0.3) is 0 Å². The summed E-state index contributed by atoms with van der Waals surface area (Å²) in [5.74, 6) is 3.04. The van der Waals surface area contributed by atoms with Gasteiger partial charge in [0.15, 0.2) is 11.5 Å². The van der Waals surface area contributed by atoms with Gasteiger partial charge in [-0.2, -0.15) is 0 Å². The topological polar surface area (TPSA) is 100 Å². The van der Waals surface area contributed by atoms with E-state index in [1.165, 1.54) is 6.42 Å². The van der Waals surface area contributed by atoms with Crippen molar-refractivity contribution in [3.63, 3.8) is 0 Å². The van der Waals surface area contributed by atoms with Crippen molar-refractivity contribution in [2.45, 2.75) is 84.8 Å². The van der Waals surface area contributed by atoms with E-state index in [0.717, 1.165) is 43.8 Å². The molecule has 0 radical (unpaired) electrons. The molecule has 0 bridgehead atoms. The average molecular weight is 548 g/mol. The van der Waals surface area contributed by atoms with E-state index < -0.39 is 6.10 Å². The number of rotatable bonds is 19. The van der Waals surface area contributed by atoms with Crippen LogP contribution in [0.15, 0.2) is 18.2 Å². The summed E-state index contributed by atoms with van der Waals surface area (Å²) >= 11 is 0. The largest absolute Gasteiger partial charge is 0.493 e. The first-order chi connectivity index (χ1) is 18.6. The highest BCUT2D eigenvalue weighted by Gasteiger charge is 2.57. The van der Waals surface area contributed by atoms with Crippen molar-refractivity contribution in [1.29, 1.82) is 0 Å². The molecule has 1 unspecified atom stereocenters. The number of aliphatic hydroxyl groups is 1. The Hall–Kier alpha value is -1.67. The number of hydrogen-bond acceptors (Lipinski definition) is 7. The summed E-state index contributed by atoms with van der Waals surface area (Å²) in [6.45, 7) is 11.4. The lowest BCUT2D eigenvalue weighted by Gasteiger charge is -2.30. The standard InChI is InChI=1S/C32H53NO6/c1-21(2)24(14-23-8-9-30(37-6)31(15-23)39-13-7-12-36-5)16-27(33)29(35)17-26(22(3)4)28(34)10-11-32-18-25(32)19-38-20-32/h8-9,15,21-22,24-27,29,35H,7,10-14,16-20,33H2,1-6H3/t24-,25?,26-,27-,29-,32+/m0/s1. The fourth-order valence-corrected chi connectivity index (χ4v) is 6.14. The Balaban J connectivity index is 1.56. The van der Waals surface area contributed by atoms with Crippen LogP contribution in [0.2, 0.25) is 0 Å². The van der Waals surface area contributed by atoms with Crippen molar-refractivity contribution in [2.75, 3.05) is 40.6 Å². The van der Waals surface area contributed by atoms with Gasteiger partial charge in [-0.25, -0.2) is 0 Å². The Morgan fingerprint density at radius 1 is 1.13 bits per heavy atom. The molecule has 0 aromatic heterocycles. The Kier molecular flexibility index (Phi) is 12.1.